The number of anilines is 1. The number of fused-ring (bicyclic) bond motifs is 1. The highest BCUT2D eigenvalue weighted by Gasteiger charge is 2.38. The van der Waals surface area contributed by atoms with E-state index in [1.54, 1.807) is 23.4 Å². The van der Waals surface area contributed by atoms with Crippen molar-refractivity contribution in [2.75, 3.05) is 18.9 Å². The van der Waals surface area contributed by atoms with Crippen LogP contribution in [0, 0.1) is 11.7 Å². The van der Waals surface area contributed by atoms with Crippen molar-refractivity contribution in [2.45, 2.75) is 12.5 Å². The second-order valence-electron chi connectivity index (χ2n) is 6.46. The molecule has 1 aliphatic heterocycles. The van der Waals surface area contributed by atoms with Crippen LogP contribution in [0.1, 0.15) is 18.0 Å². The van der Waals surface area contributed by atoms with Crippen LogP contribution in [-0.2, 0) is 4.79 Å². The summed E-state index contributed by atoms with van der Waals surface area (Å²) in [6.45, 7) is 0.540. The lowest BCUT2D eigenvalue weighted by Gasteiger charge is -2.25. The average molecular weight is 351 g/mol. The van der Waals surface area contributed by atoms with Gasteiger partial charge in [0.15, 0.2) is 0 Å². The molecule has 0 saturated carbocycles. The van der Waals surface area contributed by atoms with Gasteiger partial charge >= 0.3 is 0 Å². The van der Waals surface area contributed by atoms with E-state index in [4.69, 9.17) is 0 Å². The molecule has 3 heterocycles. The quantitative estimate of drug-likeness (QED) is 0.783. The fraction of sp³-hybridized carbons (Fsp3) is 0.263. The maximum atomic E-state index is 13.6. The Balaban J connectivity index is 1.59. The van der Waals surface area contributed by atoms with E-state index in [9.17, 15) is 9.18 Å². The summed E-state index contributed by atoms with van der Waals surface area (Å²) >= 11 is 0. The number of amides is 1. The molecule has 2 atom stereocenters. The number of hydrogen-bond acceptors (Lipinski definition) is 5. The molecule has 0 bridgehead atoms. The topological polar surface area (TPSA) is 71.0 Å². The molecular formula is C19H18FN5O. The molecule has 3 aromatic rings. The minimum Gasteiger partial charge on any atom is -0.369 e. The number of rotatable bonds is 4. The molecule has 0 spiro atoms. The number of aromatic nitrogens is 3. The van der Waals surface area contributed by atoms with E-state index in [-0.39, 0.29) is 23.7 Å². The van der Waals surface area contributed by atoms with E-state index in [1.165, 1.54) is 18.5 Å². The minimum atomic E-state index is -0.334. The first-order valence-electron chi connectivity index (χ1n) is 8.43. The van der Waals surface area contributed by atoms with Crippen molar-refractivity contribution in [3.8, 4) is 0 Å². The maximum Gasteiger partial charge on any atom is 0.223 e. The van der Waals surface area contributed by atoms with Gasteiger partial charge in [-0.05, 0) is 29.8 Å². The number of carbonyl (C=O) groups excluding carboxylic acids is 1. The van der Waals surface area contributed by atoms with Gasteiger partial charge in [0, 0.05) is 43.7 Å². The molecule has 7 heteroatoms. The highest BCUT2D eigenvalue weighted by atomic mass is 19.1. The van der Waals surface area contributed by atoms with Crippen LogP contribution in [-0.4, -0.2) is 39.4 Å². The molecule has 1 fully saturated rings. The van der Waals surface area contributed by atoms with Gasteiger partial charge < -0.3 is 10.2 Å². The Hall–Kier alpha value is -3.09. The van der Waals surface area contributed by atoms with Crippen LogP contribution in [0.5, 0.6) is 0 Å². The molecule has 1 amide bonds. The summed E-state index contributed by atoms with van der Waals surface area (Å²) in [5, 5.41) is 3.91. The van der Waals surface area contributed by atoms with Gasteiger partial charge in [0.05, 0.1) is 11.6 Å². The predicted molar refractivity (Wildman–Crippen MR) is 95.8 cm³/mol. The van der Waals surface area contributed by atoms with Crippen LogP contribution >= 0.6 is 0 Å². The Bertz CT molecular complexity index is 949. The molecule has 132 valence electrons. The van der Waals surface area contributed by atoms with Gasteiger partial charge in [-0.15, -0.1) is 0 Å². The standard InChI is InChI=1S/C19H18FN5O/c1-25-17(26)7-13(18(25)12-3-2-6-21-9-12)10-22-19-15-8-14(20)4-5-16(15)23-11-24-19/h2-6,8-9,11,13,18H,7,10H2,1H3,(H,22,23,24)/t13-,18-/m0/s1. The van der Waals surface area contributed by atoms with Gasteiger partial charge in [-0.25, -0.2) is 14.4 Å². The number of benzene rings is 1. The molecule has 1 N–H and O–H groups in total. The van der Waals surface area contributed by atoms with E-state index in [1.807, 2.05) is 19.2 Å². The number of likely N-dealkylation sites (tertiary alicyclic amines) is 1. The van der Waals surface area contributed by atoms with Gasteiger partial charge in [0.25, 0.3) is 0 Å². The Labute approximate surface area is 150 Å². The summed E-state index contributed by atoms with van der Waals surface area (Å²) in [5.41, 5.74) is 1.68. The van der Waals surface area contributed by atoms with E-state index >= 15 is 0 Å². The third-order valence-corrected chi connectivity index (χ3v) is 4.85. The van der Waals surface area contributed by atoms with Gasteiger partial charge in [0.2, 0.25) is 5.91 Å². The van der Waals surface area contributed by atoms with Crippen molar-refractivity contribution in [2.24, 2.45) is 5.92 Å². The van der Waals surface area contributed by atoms with Crippen molar-refractivity contribution in [1.29, 1.82) is 0 Å². The number of hydrogen-bond donors (Lipinski definition) is 1. The Morgan fingerprint density at radius 1 is 1.31 bits per heavy atom. The molecule has 0 radical (unpaired) electrons. The second kappa shape index (κ2) is 6.67. The smallest absolute Gasteiger partial charge is 0.223 e. The van der Waals surface area contributed by atoms with Crippen molar-refractivity contribution in [3.63, 3.8) is 0 Å². The zero-order valence-corrected chi connectivity index (χ0v) is 14.3. The van der Waals surface area contributed by atoms with Crippen LogP contribution in [0.4, 0.5) is 10.2 Å². The lowest BCUT2D eigenvalue weighted by atomic mass is 9.94. The first-order chi connectivity index (χ1) is 12.6. The maximum absolute atomic E-state index is 13.6. The van der Waals surface area contributed by atoms with E-state index in [0.717, 1.165) is 5.56 Å². The summed E-state index contributed by atoms with van der Waals surface area (Å²) in [6, 6.07) is 8.23. The number of halogens is 1. The van der Waals surface area contributed by atoms with Crippen molar-refractivity contribution in [3.05, 3.63) is 60.4 Å². The lowest BCUT2D eigenvalue weighted by Crippen LogP contribution is -2.26. The zero-order valence-electron chi connectivity index (χ0n) is 14.3. The number of nitrogens with zero attached hydrogens (tertiary/aromatic N) is 4. The summed E-state index contributed by atoms with van der Waals surface area (Å²) in [5.74, 6) is 0.403. The SMILES string of the molecule is CN1C(=O)C[C@@H](CNc2ncnc3ccc(F)cc23)[C@@H]1c1cccnc1. The van der Waals surface area contributed by atoms with Crippen LogP contribution in [0.3, 0.4) is 0 Å². The third kappa shape index (κ3) is 2.96. The summed E-state index contributed by atoms with van der Waals surface area (Å²) in [7, 11) is 1.81. The lowest BCUT2D eigenvalue weighted by molar-refractivity contribution is -0.127. The minimum absolute atomic E-state index is 0.0477. The highest BCUT2D eigenvalue weighted by Crippen LogP contribution is 2.36. The number of pyridine rings is 1. The molecule has 2 aromatic heterocycles. The Kier molecular flexibility index (Phi) is 4.20. The summed E-state index contributed by atoms with van der Waals surface area (Å²) in [4.78, 5) is 26.6. The highest BCUT2D eigenvalue weighted by molar-refractivity contribution is 5.88. The third-order valence-electron chi connectivity index (χ3n) is 4.85. The summed E-state index contributed by atoms with van der Waals surface area (Å²) < 4.78 is 13.6. The fourth-order valence-electron chi connectivity index (χ4n) is 3.58. The Morgan fingerprint density at radius 2 is 2.19 bits per heavy atom. The van der Waals surface area contributed by atoms with Crippen molar-refractivity contribution < 1.29 is 9.18 Å². The van der Waals surface area contributed by atoms with Crippen LogP contribution in [0.2, 0.25) is 0 Å². The second-order valence-corrected chi connectivity index (χ2v) is 6.46. The zero-order chi connectivity index (χ0) is 18.1. The fourth-order valence-corrected chi connectivity index (χ4v) is 3.58. The average Bonchev–Trinajstić information content (AvgIpc) is 2.94. The van der Waals surface area contributed by atoms with E-state index < -0.39 is 0 Å². The molecule has 26 heavy (non-hydrogen) atoms. The molecule has 6 nitrogen and oxygen atoms in total. The molecule has 4 rings (SSSR count). The first kappa shape index (κ1) is 16.4. The molecule has 0 aliphatic carbocycles. The van der Waals surface area contributed by atoms with Gasteiger partial charge in [-0.2, -0.15) is 0 Å². The predicted octanol–water partition coefficient (Wildman–Crippen LogP) is 2.80. The molecule has 1 saturated heterocycles. The largest absolute Gasteiger partial charge is 0.369 e. The normalized spacial score (nSPS) is 19.9. The van der Waals surface area contributed by atoms with Crippen molar-refractivity contribution >= 4 is 22.6 Å². The monoisotopic (exact) mass is 351 g/mol. The van der Waals surface area contributed by atoms with Crippen molar-refractivity contribution in [1.82, 2.24) is 19.9 Å². The first-order valence-corrected chi connectivity index (χ1v) is 8.43. The van der Waals surface area contributed by atoms with E-state index in [2.05, 4.69) is 20.3 Å². The Morgan fingerprint density at radius 3 is 3.00 bits per heavy atom. The van der Waals surface area contributed by atoms with Gasteiger partial charge in [-0.3, -0.25) is 9.78 Å². The van der Waals surface area contributed by atoms with Gasteiger partial charge in [0.1, 0.15) is 18.0 Å². The molecule has 1 aromatic carbocycles. The molecule has 1 aliphatic rings. The van der Waals surface area contributed by atoms with Crippen LogP contribution in [0.15, 0.2) is 49.1 Å². The number of carbonyl (C=O) groups is 1. The number of nitrogens with one attached hydrogen (secondary N) is 1. The van der Waals surface area contributed by atoms with Gasteiger partial charge in [-0.1, -0.05) is 6.07 Å². The van der Waals surface area contributed by atoms with E-state index in [0.29, 0.717) is 29.7 Å². The van der Waals surface area contributed by atoms with Crippen LogP contribution < -0.4 is 5.32 Å². The molecular weight excluding hydrogens is 333 g/mol. The van der Waals surface area contributed by atoms with Crippen LogP contribution in [0.25, 0.3) is 10.9 Å². The summed E-state index contributed by atoms with van der Waals surface area (Å²) in [6.07, 6.45) is 5.41. The molecule has 0 unspecified atom stereocenters.